The van der Waals surface area contributed by atoms with Crippen molar-refractivity contribution in [1.82, 2.24) is 4.90 Å². The van der Waals surface area contributed by atoms with E-state index in [0.29, 0.717) is 6.54 Å². The van der Waals surface area contributed by atoms with Gasteiger partial charge in [-0.1, -0.05) is 30.3 Å². The van der Waals surface area contributed by atoms with E-state index < -0.39 is 11.7 Å². The van der Waals surface area contributed by atoms with Crippen LogP contribution in [0.25, 0.3) is 0 Å². The second kappa shape index (κ2) is 4.53. The summed E-state index contributed by atoms with van der Waals surface area (Å²) in [5.74, 6) is 0. The van der Waals surface area contributed by atoms with Crippen LogP contribution in [-0.4, -0.2) is 36.3 Å². The summed E-state index contributed by atoms with van der Waals surface area (Å²) in [6, 6.07) is 9.92. The highest BCUT2D eigenvalue weighted by Crippen LogP contribution is 2.36. The minimum absolute atomic E-state index is 0.536. The number of ether oxygens (including phenoxy) is 1. The van der Waals surface area contributed by atoms with E-state index in [9.17, 15) is 5.11 Å². The van der Waals surface area contributed by atoms with Gasteiger partial charge in [0.25, 0.3) is 0 Å². The summed E-state index contributed by atoms with van der Waals surface area (Å²) in [5.41, 5.74) is 0.466. The highest BCUT2D eigenvalue weighted by molar-refractivity contribution is 5.25. The number of nitrogens with zero attached hydrogens (tertiary/aromatic N) is 1. The standard InChI is InChI=1S/C13H18NO2/c1-14-9-8-13(16-2,12(15)10-14)11-6-4-3-5-7-11/h3-7,12,15H,1,8-10H2,2H3/q-1/t12-,13-/m0/s1. The summed E-state index contributed by atoms with van der Waals surface area (Å²) in [4.78, 5) is 1.88. The Bertz CT molecular complexity index is 341. The van der Waals surface area contributed by atoms with Gasteiger partial charge in [-0.25, -0.2) is 0 Å². The molecular weight excluding hydrogens is 202 g/mol. The largest absolute Gasteiger partial charge is 0.457 e. The minimum atomic E-state index is -0.574. The lowest BCUT2D eigenvalue weighted by atomic mass is 9.82. The van der Waals surface area contributed by atoms with E-state index in [1.165, 1.54) is 0 Å². The lowest BCUT2D eigenvalue weighted by Gasteiger charge is -2.46. The third-order valence-corrected chi connectivity index (χ3v) is 3.40. The zero-order chi connectivity index (χ0) is 11.6. The van der Waals surface area contributed by atoms with Gasteiger partial charge >= 0.3 is 0 Å². The predicted octanol–water partition coefficient (Wildman–Crippen LogP) is 1.39. The fraction of sp³-hybridized carbons (Fsp3) is 0.462. The number of hydrogen-bond donors (Lipinski definition) is 1. The summed E-state index contributed by atoms with van der Waals surface area (Å²) < 4.78 is 5.62. The molecule has 2 atom stereocenters. The molecule has 1 saturated heterocycles. The molecule has 0 bridgehead atoms. The van der Waals surface area contributed by atoms with Gasteiger partial charge < -0.3 is 14.7 Å². The van der Waals surface area contributed by atoms with Gasteiger partial charge in [-0.3, -0.25) is 7.05 Å². The van der Waals surface area contributed by atoms with E-state index in [1.54, 1.807) is 7.11 Å². The van der Waals surface area contributed by atoms with E-state index in [2.05, 4.69) is 7.05 Å². The van der Waals surface area contributed by atoms with Crippen LogP contribution in [0.5, 0.6) is 0 Å². The maximum Gasteiger partial charge on any atom is 0.121 e. The smallest absolute Gasteiger partial charge is 0.121 e. The number of aliphatic hydroxyl groups excluding tert-OH is 1. The maximum absolute atomic E-state index is 10.2. The first kappa shape index (κ1) is 11.6. The fourth-order valence-corrected chi connectivity index (χ4v) is 2.39. The van der Waals surface area contributed by atoms with Crippen LogP contribution in [-0.2, 0) is 10.3 Å². The summed E-state index contributed by atoms with van der Waals surface area (Å²) in [5, 5.41) is 10.2. The van der Waals surface area contributed by atoms with E-state index in [0.717, 1.165) is 18.5 Å². The van der Waals surface area contributed by atoms with Crippen molar-refractivity contribution in [1.29, 1.82) is 0 Å². The lowest BCUT2D eigenvalue weighted by Crippen LogP contribution is -2.52. The molecule has 0 unspecified atom stereocenters. The molecule has 0 amide bonds. The Labute approximate surface area is 96.6 Å². The molecule has 1 N–H and O–H groups in total. The van der Waals surface area contributed by atoms with Gasteiger partial charge in [-0.15, -0.1) is 0 Å². The molecule has 88 valence electrons. The van der Waals surface area contributed by atoms with Gasteiger partial charge in [-0.2, -0.15) is 0 Å². The third-order valence-electron chi connectivity index (χ3n) is 3.40. The number of β-amino-alcohol motifs (C(OH)–C–C–N with tert-alkyl or cyclic N) is 1. The second-order valence-electron chi connectivity index (χ2n) is 4.30. The van der Waals surface area contributed by atoms with Crippen LogP contribution in [0.3, 0.4) is 0 Å². The fourth-order valence-electron chi connectivity index (χ4n) is 2.39. The first-order valence-corrected chi connectivity index (χ1v) is 5.53. The monoisotopic (exact) mass is 220 g/mol. The van der Waals surface area contributed by atoms with Crippen LogP contribution in [0.15, 0.2) is 30.3 Å². The first-order chi connectivity index (χ1) is 7.69. The number of piperidine rings is 1. The average Bonchev–Trinajstić information content (AvgIpc) is 2.31. The number of hydrogen-bond acceptors (Lipinski definition) is 3. The lowest BCUT2D eigenvalue weighted by molar-refractivity contribution is -0.141. The summed E-state index contributed by atoms with van der Waals surface area (Å²) in [7, 11) is 5.52. The first-order valence-electron chi connectivity index (χ1n) is 5.53. The van der Waals surface area contributed by atoms with Gasteiger partial charge in [0.15, 0.2) is 0 Å². The number of rotatable bonds is 2. The molecule has 1 aromatic rings. The van der Waals surface area contributed by atoms with Gasteiger partial charge in [0, 0.05) is 7.11 Å². The van der Waals surface area contributed by atoms with Crippen molar-refractivity contribution >= 4 is 0 Å². The van der Waals surface area contributed by atoms with Gasteiger partial charge in [-0.05, 0) is 25.1 Å². The van der Waals surface area contributed by atoms with E-state index in [-0.39, 0.29) is 0 Å². The van der Waals surface area contributed by atoms with Gasteiger partial charge in [0.2, 0.25) is 0 Å². The van der Waals surface area contributed by atoms with Crippen LogP contribution in [0, 0.1) is 7.05 Å². The number of methoxy groups -OCH3 is 1. The Hall–Kier alpha value is -0.900. The predicted molar refractivity (Wildman–Crippen MR) is 62.7 cm³/mol. The minimum Gasteiger partial charge on any atom is -0.457 e. The summed E-state index contributed by atoms with van der Waals surface area (Å²) in [6.45, 7) is 1.38. The molecule has 2 rings (SSSR count). The molecule has 1 heterocycles. The van der Waals surface area contributed by atoms with Crippen molar-refractivity contribution in [3.63, 3.8) is 0 Å². The average molecular weight is 220 g/mol. The van der Waals surface area contributed by atoms with Crippen molar-refractivity contribution in [2.75, 3.05) is 20.2 Å². The quantitative estimate of drug-likeness (QED) is 0.764. The van der Waals surface area contributed by atoms with Crippen molar-refractivity contribution in [2.45, 2.75) is 18.1 Å². The highest BCUT2D eigenvalue weighted by Gasteiger charge is 2.41. The molecule has 0 aromatic heterocycles. The zero-order valence-electron chi connectivity index (χ0n) is 9.60. The van der Waals surface area contributed by atoms with Crippen molar-refractivity contribution in [2.24, 2.45) is 0 Å². The van der Waals surface area contributed by atoms with Gasteiger partial charge in [0.05, 0.1) is 6.10 Å². The molecule has 1 aliphatic rings. The second-order valence-corrected chi connectivity index (χ2v) is 4.30. The summed E-state index contributed by atoms with van der Waals surface area (Å²) in [6.07, 6.45) is 0.226. The maximum atomic E-state index is 10.2. The van der Waals surface area contributed by atoms with E-state index in [4.69, 9.17) is 4.74 Å². The molecule has 1 aliphatic heterocycles. The Kier molecular flexibility index (Phi) is 3.28. The van der Waals surface area contributed by atoms with Crippen molar-refractivity contribution < 1.29 is 9.84 Å². The highest BCUT2D eigenvalue weighted by atomic mass is 16.5. The topological polar surface area (TPSA) is 32.7 Å². The van der Waals surface area contributed by atoms with Crippen LogP contribution in [0.4, 0.5) is 0 Å². The van der Waals surface area contributed by atoms with E-state index >= 15 is 0 Å². The number of benzene rings is 1. The van der Waals surface area contributed by atoms with Gasteiger partial charge in [0.1, 0.15) is 5.60 Å². The Morgan fingerprint density at radius 3 is 2.69 bits per heavy atom. The SMILES string of the molecule is [CH2-]N1CC[C@](OC)(c2ccccc2)[C@@H](O)C1. The third kappa shape index (κ3) is 1.86. The molecule has 16 heavy (non-hydrogen) atoms. The Morgan fingerprint density at radius 1 is 1.44 bits per heavy atom. The molecule has 3 nitrogen and oxygen atoms in total. The zero-order valence-corrected chi connectivity index (χ0v) is 9.60. The van der Waals surface area contributed by atoms with Crippen LogP contribution in [0.1, 0.15) is 12.0 Å². The molecule has 0 spiro atoms. The molecule has 0 aliphatic carbocycles. The van der Waals surface area contributed by atoms with Crippen LogP contribution < -0.4 is 0 Å². The van der Waals surface area contributed by atoms with E-state index in [1.807, 2.05) is 35.2 Å². The van der Waals surface area contributed by atoms with Crippen molar-refractivity contribution in [3.05, 3.63) is 42.9 Å². The molecule has 1 fully saturated rings. The number of likely N-dealkylation sites (tertiary alicyclic amines) is 1. The Morgan fingerprint density at radius 2 is 2.12 bits per heavy atom. The molecule has 0 saturated carbocycles. The molecular formula is C13H18NO2-. The normalized spacial score (nSPS) is 31.6. The Balaban J connectivity index is 2.32. The molecule has 0 radical (unpaired) electrons. The molecule has 3 heteroatoms. The van der Waals surface area contributed by atoms with Crippen molar-refractivity contribution in [3.8, 4) is 0 Å². The number of aliphatic hydroxyl groups is 1. The molecule has 1 aromatic carbocycles. The van der Waals surface area contributed by atoms with Crippen LogP contribution >= 0.6 is 0 Å². The summed E-state index contributed by atoms with van der Waals surface area (Å²) >= 11 is 0. The van der Waals surface area contributed by atoms with Crippen LogP contribution in [0.2, 0.25) is 0 Å².